The lowest BCUT2D eigenvalue weighted by Gasteiger charge is -2.25. The van der Waals surface area contributed by atoms with Crippen LogP contribution in [0.1, 0.15) is 70.8 Å². The minimum atomic E-state index is -0.287. The molecule has 4 rings (SSSR count). The first kappa shape index (κ1) is 25.0. The van der Waals surface area contributed by atoms with Crippen LogP contribution >= 0.6 is 0 Å². The second kappa shape index (κ2) is 12.6. The van der Waals surface area contributed by atoms with E-state index in [1.807, 2.05) is 13.0 Å². The number of carbonyl (C=O) groups excluding carboxylic acids is 1. The predicted molar refractivity (Wildman–Crippen MR) is 144 cm³/mol. The Morgan fingerprint density at radius 1 is 0.800 bits per heavy atom. The van der Waals surface area contributed by atoms with Gasteiger partial charge in [0.2, 0.25) is 0 Å². The molecule has 0 spiro atoms. The number of benzene rings is 3. The van der Waals surface area contributed by atoms with E-state index < -0.39 is 0 Å². The Morgan fingerprint density at radius 3 is 2.09 bits per heavy atom. The van der Waals surface area contributed by atoms with Gasteiger partial charge in [-0.3, -0.25) is 4.79 Å². The van der Waals surface area contributed by atoms with Crippen LogP contribution < -0.4 is 9.47 Å². The number of rotatable bonds is 12. The molecule has 0 saturated carbocycles. The van der Waals surface area contributed by atoms with E-state index in [0.29, 0.717) is 6.42 Å². The molecule has 0 saturated heterocycles. The summed E-state index contributed by atoms with van der Waals surface area (Å²) in [5.74, 6) is 1.98. The largest absolute Gasteiger partial charge is 0.494 e. The Balaban J connectivity index is 1.32. The van der Waals surface area contributed by atoms with E-state index in [-0.39, 0.29) is 11.9 Å². The van der Waals surface area contributed by atoms with Gasteiger partial charge in [0.25, 0.3) is 0 Å². The number of hydrogen-bond acceptors (Lipinski definition) is 3. The van der Waals surface area contributed by atoms with E-state index >= 15 is 0 Å². The van der Waals surface area contributed by atoms with E-state index in [1.165, 1.54) is 59.9 Å². The average Bonchev–Trinajstić information content (AvgIpc) is 2.92. The highest BCUT2D eigenvalue weighted by Crippen LogP contribution is 2.33. The van der Waals surface area contributed by atoms with Gasteiger partial charge in [0, 0.05) is 6.42 Å². The molecule has 1 aliphatic heterocycles. The van der Waals surface area contributed by atoms with Gasteiger partial charge in [-0.15, -0.1) is 0 Å². The predicted octanol–water partition coefficient (Wildman–Crippen LogP) is 8.43. The van der Waals surface area contributed by atoms with Gasteiger partial charge >= 0.3 is 0 Å². The fourth-order valence-electron chi connectivity index (χ4n) is 4.69. The van der Waals surface area contributed by atoms with Crippen LogP contribution in [-0.2, 0) is 11.2 Å². The third kappa shape index (κ3) is 6.75. The molecule has 0 amide bonds. The number of fused-ring (bicyclic) bond motifs is 1. The molecule has 3 aromatic rings. The van der Waals surface area contributed by atoms with Gasteiger partial charge in [-0.2, -0.15) is 0 Å². The summed E-state index contributed by atoms with van der Waals surface area (Å²) in [5.41, 5.74) is 5.93. The first-order valence-corrected chi connectivity index (χ1v) is 13.3. The quantitative estimate of drug-likeness (QED) is 0.249. The minimum absolute atomic E-state index is 0.188. The SMILES string of the molecule is CCCCCCCCOc1ccc(-c2ccc(-c3ccc4c(c3)CC[C@@H](C(=O)CC)O4)cc2)cc1. The molecule has 1 atom stereocenters. The van der Waals surface area contributed by atoms with Crippen LogP contribution in [0.3, 0.4) is 0 Å². The van der Waals surface area contributed by atoms with E-state index in [2.05, 4.69) is 67.6 Å². The van der Waals surface area contributed by atoms with E-state index in [4.69, 9.17) is 9.47 Å². The third-order valence-corrected chi connectivity index (χ3v) is 6.89. The Bertz CT molecular complexity index is 1080. The molecule has 0 bridgehead atoms. The van der Waals surface area contributed by atoms with E-state index in [1.54, 1.807) is 0 Å². The molecule has 1 heterocycles. The molecule has 3 aromatic carbocycles. The first-order chi connectivity index (χ1) is 17.2. The second-order valence-electron chi connectivity index (χ2n) is 9.51. The summed E-state index contributed by atoms with van der Waals surface area (Å²) in [6.07, 6.45) is 9.54. The van der Waals surface area contributed by atoms with Crippen molar-refractivity contribution in [2.24, 2.45) is 0 Å². The van der Waals surface area contributed by atoms with Gasteiger partial charge in [-0.05, 0) is 71.3 Å². The Labute approximate surface area is 210 Å². The highest BCUT2D eigenvalue weighted by molar-refractivity contribution is 5.83. The molecule has 0 N–H and O–H groups in total. The maximum atomic E-state index is 12.0. The van der Waals surface area contributed by atoms with Gasteiger partial charge in [0.05, 0.1) is 6.61 Å². The zero-order chi connectivity index (χ0) is 24.5. The van der Waals surface area contributed by atoms with Gasteiger partial charge in [0.15, 0.2) is 11.9 Å². The fourth-order valence-corrected chi connectivity index (χ4v) is 4.69. The maximum Gasteiger partial charge on any atom is 0.173 e. The van der Waals surface area contributed by atoms with Gasteiger partial charge < -0.3 is 9.47 Å². The lowest BCUT2D eigenvalue weighted by molar-refractivity contribution is -0.126. The minimum Gasteiger partial charge on any atom is -0.494 e. The summed E-state index contributed by atoms with van der Waals surface area (Å²) in [7, 11) is 0. The first-order valence-electron chi connectivity index (χ1n) is 13.3. The lowest BCUT2D eigenvalue weighted by atomic mass is 9.94. The van der Waals surface area contributed by atoms with Gasteiger partial charge in [-0.1, -0.05) is 88.4 Å². The zero-order valence-electron chi connectivity index (χ0n) is 21.2. The van der Waals surface area contributed by atoms with Gasteiger partial charge in [-0.25, -0.2) is 0 Å². The van der Waals surface area contributed by atoms with E-state index in [9.17, 15) is 4.79 Å². The molecular formula is C32H38O3. The monoisotopic (exact) mass is 470 g/mol. The highest BCUT2D eigenvalue weighted by atomic mass is 16.5. The molecule has 1 aliphatic rings. The van der Waals surface area contributed by atoms with Crippen molar-refractivity contribution in [3.8, 4) is 33.8 Å². The molecule has 35 heavy (non-hydrogen) atoms. The number of Topliss-reactive ketones (excluding diaryl/α,β-unsaturated/α-hetero) is 1. The van der Waals surface area contributed by atoms with Crippen LogP contribution in [0.15, 0.2) is 66.7 Å². The van der Waals surface area contributed by atoms with Crippen molar-refractivity contribution in [2.45, 2.75) is 77.7 Å². The summed E-state index contributed by atoms with van der Waals surface area (Å²) in [6.45, 7) is 4.94. The number of aryl methyl sites for hydroxylation is 1. The average molecular weight is 471 g/mol. The maximum absolute atomic E-state index is 12.0. The van der Waals surface area contributed by atoms with Gasteiger partial charge in [0.1, 0.15) is 11.5 Å². The fraction of sp³-hybridized carbons (Fsp3) is 0.406. The third-order valence-electron chi connectivity index (χ3n) is 6.89. The van der Waals surface area contributed by atoms with Crippen molar-refractivity contribution in [2.75, 3.05) is 6.61 Å². The van der Waals surface area contributed by atoms with Crippen molar-refractivity contribution < 1.29 is 14.3 Å². The summed E-state index contributed by atoms with van der Waals surface area (Å²) in [4.78, 5) is 12.0. The Morgan fingerprint density at radius 2 is 1.40 bits per heavy atom. The van der Waals surface area contributed by atoms with Crippen LogP contribution in [0.25, 0.3) is 22.3 Å². The van der Waals surface area contributed by atoms with Crippen LogP contribution in [0.2, 0.25) is 0 Å². The van der Waals surface area contributed by atoms with Crippen LogP contribution in [0, 0.1) is 0 Å². The summed E-state index contributed by atoms with van der Waals surface area (Å²) in [6, 6.07) is 23.4. The van der Waals surface area contributed by atoms with Crippen molar-refractivity contribution in [1.29, 1.82) is 0 Å². The number of unbranched alkanes of at least 4 members (excludes halogenated alkanes) is 5. The number of ketones is 1. The molecule has 0 unspecified atom stereocenters. The summed E-state index contributed by atoms with van der Waals surface area (Å²) >= 11 is 0. The molecular weight excluding hydrogens is 432 g/mol. The zero-order valence-corrected chi connectivity index (χ0v) is 21.2. The molecule has 0 aliphatic carbocycles. The van der Waals surface area contributed by atoms with Crippen LogP contribution in [0.4, 0.5) is 0 Å². The van der Waals surface area contributed by atoms with E-state index in [0.717, 1.165) is 37.4 Å². The second-order valence-corrected chi connectivity index (χ2v) is 9.51. The number of hydrogen-bond donors (Lipinski definition) is 0. The highest BCUT2D eigenvalue weighted by Gasteiger charge is 2.24. The Kier molecular flexibility index (Phi) is 9.00. The molecule has 3 nitrogen and oxygen atoms in total. The van der Waals surface area contributed by atoms with Crippen LogP contribution in [0.5, 0.6) is 11.5 Å². The molecule has 0 radical (unpaired) electrons. The number of ether oxygens (including phenoxy) is 2. The van der Waals surface area contributed by atoms with Crippen molar-refractivity contribution in [3.05, 3.63) is 72.3 Å². The normalized spacial score (nSPS) is 14.7. The smallest absolute Gasteiger partial charge is 0.173 e. The standard InChI is InChI=1S/C32H38O3/c1-3-5-6-7-8-9-22-34-29-18-14-25(15-19-29)24-10-12-26(13-11-24)27-16-20-31-28(23-27)17-21-32(35-31)30(33)4-2/h10-16,18-20,23,32H,3-9,17,21-22H2,1-2H3/t32-/m0/s1. The topological polar surface area (TPSA) is 35.5 Å². The molecule has 0 fully saturated rings. The Hall–Kier alpha value is -3.07. The number of carbonyl (C=O) groups is 1. The lowest BCUT2D eigenvalue weighted by Crippen LogP contribution is -2.30. The molecule has 0 aromatic heterocycles. The van der Waals surface area contributed by atoms with Crippen molar-refractivity contribution >= 4 is 5.78 Å². The summed E-state index contributed by atoms with van der Waals surface area (Å²) < 4.78 is 11.9. The van der Waals surface area contributed by atoms with Crippen LogP contribution in [-0.4, -0.2) is 18.5 Å². The molecule has 184 valence electrons. The molecule has 3 heteroatoms. The van der Waals surface area contributed by atoms with Crippen molar-refractivity contribution in [1.82, 2.24) is 0 Å². The summed E-state index contributed by atoms with van der Waals surface area (Å²) in [5, 5.41) is 0. The van der Waals surface area contributed by atoms with Crippen molar-refractivity contribution in [3.63, 3.8) is 0 Å².